The van der Waals surface area contributed by atoms with Crippen molar-refractivity contribution < 1.29 is 18.3 Å². The lowest BCUT2D eigenvalue weighted by Gasteiger charge is -2.45. The maximum Gasteiger partial charge on any atom is 0.252 e. The van der Waals surface area contributed by atoms with Gasteiger partial charge in [0.25, 0.3) is 6.71 Å². The average molecular weight is 851 g/mol. The summed E-state index contributed by atoms with van der Waals surface area (Å²) in [5.41, 5.74) is 17.8. The van der Waals surface area contributed by atoms with Crippen molar-refractivity contribution in [2.24, 2.45) is 0 Å². The molecule has 0 amide bonds. The molecule has 6 nitrogen and oxygen atoms in total. The van der Waals surface area contributed by atoms with Crippen LogP contribution in [0.5, 0.6) is 11.5 Å². The molecule has 0 saturated carbocycles. The lowest BCUT2D eigenvalue weighted by Crippen LogP contribution is -2.61. The number of aryl methyl sites for hydroxylation is 1. The van der Waals surface area contributed by atoms with Crippen molar-refractivity contribution in [3.63, 3.8) is 0 Å². The zero-order chi connectivity index (χ0) is 44.4. The van der Waals surface area contributed by atoms with Crippen molar-refractivity contribution in [1.29, 1.82) is 0 Å². The minimum atomic E-state index is -0.0768. The highest BCUT2D eigenvalue weighted by molar-refractivity contribution is 7.00. The van der Waals surface area contributed by atoms with Gasteiger partial charge in [0.2, 0.25) is 0 Å². The maximum absolute atomic E-state index is 6.63. The van der Waals surface area contributed by atoms with Gasteiger partial charge in [-0.2, -0.15) is 0 Å². The van der Waals surface area contributed by atoms with E-state index in [0.29, 0.717) is 13.2 Å². The molecular formula is C58H51BN2O4. The third-order valence-electron chi connectivity index (χ3n) is 13.5. The van der Waals surface area contributed by atoms with Crippen LogP contribution in [0.3, 0.4) is 0 Å². The number of anilines is 6. The van der Waals surface area contributed by atoms with Crippen LogP contribution in [-0.4, -0.2) is 19.9 Å². The van der Waals surface area contributed by atoms with E-state index in [1.807, 2.05) is 24.3 Å². The van der Waals surface area contributed by atoms with Crippen LogP contribution < -0.4 is 35.7 Å². The predicted octanol–water partition coefficient (Wildman–Crippen LogP) is 13.7. The van der Waals surface area contributed by atoms with E-state index < -0.39 is 0 Å². The van der Waals surface area contributed by atoms with E-state index in [4.69, 9.17) is 18.3 Å². The number of furan rings is 2. The van der Waals surface area contributed by atoms with Crippen LogP contribution in [0.15, 0.2) is 154 Å². The molecule has 5 heterocycles. The Bertz CT molecular complexity index is 3220. The Hall–Kier alpha value is -7.12. The Morgan fingerprint density at radius 1 is 0.477 bits per heavy atom. The topological polar surface area (TPSA) is 51.2 Å². The molecule has 2 aromatic heterocycles. The summed E-state index contributed by atoms with van der Waals surface area (Å²) in [4.78, 5) is 4.95. The van der Waals surface area contributed by atoms with Crippen molar-refractivity contribution in [1.82, 2.24) is 0 Å². The summed E-state index contributed by atoms with van der Waals surface area (Å²) in [6, 6.07) is 53.0. The van der Waals surface area contributed by atoms with Gasteiger partial charge in [-0.25, -0.2) is 0 Å². The summed E-state index contributed by atoms with van der Waals surface area (Å²) >= 11 is 0. The molecule has 0 unspecified atom stereocenters. The monoisotopic (exact) mass is 850 g/mol. The van der Waals surface area contributed by atoms with Crippen molar-refractivity contribution >= 4 is 79.2 Å². The smallest absolute Gasteiger partial charge is 0.252 e. The third kappa shape index (κ3) is 6.54. The fourth-order valence-electron chi connectivity index (χ4n) is 10.2. The van der Waals surface area contributed by atoms with Gasteiger partial charge in [0, 0.05) is 62.8 Å². The number of rotatable bonds is 4. The summed E-state index contributed by atoms with van der Waals surface area (Å²) in [7, 11) is 0. The van der Waals surface area contributed by atoms with Gasteiger partial charge in [0.05, 0.1) is 18.9 Å². The minimum Gasteiger partial charge on any atom is -0.490 e. The summed E-state index contributed by atoms with van der Waals surface area (Å²) < 4.78 is 25.8. The van der Waals surface area contributed by atoms with E-state index >= 15 is 0 Å². The number of nitrogens with zero attached hydrogens (tertiary/aromatic N) is 2. The van der Waals surface area contributed by atoms with Crippen molar-refractivity contribution in [3.8, 4) is 34.1 Å². The number of ether oxygens (including phenoxy) is 2. The molecule has 320 valence electrons. The molecule has 0 radical (unpaired) electrons. The molecule has 0 aliphatic carbocycles. The second-order valence-corrected chi connectivity index (χ2v) is 20.1. The van der Waals surface area contributed by atoms with Crippen LogP contribution in [0.2, 0.25) is 0 Å². The highest BCUT2D eigenvalue weighted by Crippen LogP contribution is 2.48. The van der Waals surface area contributed by atoms with Gasteiger partial charge < -0.3 is 28.1 Å². The van der Waals surface area contributed by atoms with Crippen molar-refractivity contribution in [2.75, 3.05) is 23.0 Å². The lowest BCUT2D eigenvalue weighted by atomic mass is 9.33. The zero-order valence-electron chi connectivity index (χ0n) is 38.1. The number of benzene rings is 7. The number of fused-ring (bicyclic) bond motifs is 7. The average Bonchev–Trinajstić information content (AvgIpc) is 3.86. The molecule has 3 aliphatic heterocycles. The van der Waals surface area contributed by atoms with Crippen molar-refractivity contribution in [2.45, 2.75) is 65.7 Å². The molecule has 0 N–H and O–H groups in total. The first-order chi connectivity index (χ1) is 31.4. The van der Waals surface area contributed by atoms with E-state index in [2.05, 4.69) is 180 Å². The number of para-hydroxylation sites is 2. The molecular weight excluding hydrogens is 799 g/mol. The molecule has 12 rings (SSSR count). The third-order valence-corrected chi connectivity index (χ3v) is 13.5. The van der Waals surface area contributed by atoms with Gasteiger partial charge >= 0.3 is 0 Å². The summed E-state index contributed by atoms with van der Waals surface area (Å²) in [5.74, 6) is 3.17. The number of hydrogen-bond donors (Lipinski definition) is 0. The van der Waals surface area contributed by atoms with Gasteiger partial charge in [-0.15, -0.1) is 0 Å². The second kappa shape index (κ2) is 14.4. The molecule has 3 aliphatic rings. The highest BCUT2D eigenvalue weighted by Gasteiger charge is 2.44. The Kier molecular flexibility index (Phi) is 8.77. The Balaban J connectivity index is 1.16. The highest BCUT2D eigenvalue weighted by atomic mass is 16.5. The lowest BCUT2D eigenvalue weighted by molar-refractivity contribution is 0.297. The Morgan fingerprint density at radius 3 is 1.54 bits per heavy atom. The van der Waals surface area contributed by atoms with Crippen LogP contribution in [-0.2, 0) is 10.8 Å². The van der Waals surface area contributed by atoms with Gasteiger partial charge in [0.15, 0.2) is 11.5 Å². The van der Waals surface area contributed by atoms with Crippen LogP contribution in [0.4, 0.5) is 34.1 Å². The predicted molar refractivity (Wildman–Crippen MR) is 269 cm³/mol. The second-order valence-electron chi connectivity index (χ2n) is 20.1. The van der Waals surface area contributed by atoms with Gasteiger partial charge in [0.1, 0.15) is 22.7 Å². The molecule has 65 heavy (non-hydrogen) atoms. The Labute approximate surface area is 381 Å². The first kappa shape index (κ1) is 39.5. The summed E-state index contributed by atoms with van der Waals surface area (Å²) in [5, 5.41) is 2.13. The number of hydrogen-bond acceptors (Lipinski definition) is 6. The fraction of sp³-hybridized carbons (Fsp3) is 0.207. The van der Waals surface area contributed by atoms with E-state index in [1.165, 1.54) is 33.2 Å². The standard InChI is InChI=1S/C58H51BN2O4/c1-35-25-48-56-49(26-35)61(43-28-38(53-30-36-13-8-10-15-50(36)64-53)27-39(29-43)54-31-37-14-9-11-16-51(37)65-54)47-21-18-41(58(5,6)7)33-45(47)59(56)44-32-40(57(2,3)4)17-20-46(44)60(48)42-19-22-52-55(34-42)63-24-12-23-62-52/h8-11,13-22,25-34H,12,23-24H2,1-7H3. The molecule has 7 aromatic carbocycles. The molecule has 0 atom stereocenters. The van der Waals surface area contributed by atoms with E-state index in [0.717, 1.165) is 96.5 Å². The van der Waals surface area contributed by atoms with Crippen LogP contribution in [0, 0.1) is 6.92 Å². The minimum absolute atomic E-state index is 0.0449. The molecule has 7 heteroatoms. The fourth-order valence-corrected chi connectivity index (χ4v) is 10.2. The molecule has 0 fully saturated rings. The van der Waals surface area contributed by atoms with Gasteiger partial charge in [-0.05, 0) is 130 Å². The summed E-state index contributed by atoms with van der Waals surface area (Å²) in [6.07, 6.45) is 0.848. The van der Waals surface area contributed by atoms with E-state index in [1.54, 1.807) is 0 Å². The quantitative estimate of drug-likeness (QED) is 0.164. The normalized spacial score (nSPS) is 14.4. The van der Waals surface area contributed by atoms with Crippen LogP contribution in [0.25, 0.3) is 44.6 Å². The molecule has 0 saturated heterocycles. The SMILES string of the molecule is Cc1cc2c3c(c1)N(c1ccc4c(c1)OCCCO4)c1ccc(C(C)(C)C)cc1B3c1cc(C(C)(C)C)ccc1N2c1cc(-c2cc3ccccc3o2)cc(-c2cc3ccccc3o2)c1. The summed E-state index contributed by atoms with van der Waals surface area (Å²) in [6.45, 7) is 17.3. The first-order valence-corrected chi connectivity index (χ1v) is 22.9. The molecule has 9 aromatic rings. The zero-order valence-corrected chi connectivity index (χ0v) is 38.1. The van der Waals surface area contributed by atoms with E-state index in [9.17, 15) is 0 Å². The first-order valence-electron chi connectivity index (χ1n) is 22.9. The Morgan fingerprint density at radius 2 is 1.00 bits per heavy atom. The molecule has 0 spiro atoms. The largest absolute Gasteiger partial charge is 0.490 e. The van der Waals surface area contributed by atoms with Gasteiger partial charge in [-0.3, -0.25) is 0 Å². The van der Waals surface area contributed by atoms with Crippen LogP contribution >= 0.6 is 0 Å². The van der Waals surface area contributed by atoms with Crippen molar-refractivity contribution in [3.05, 3.63) is 162 Å². The van der Waals surface area contributed by atoms with Crippen LogP contribution in [0.1, 0.15) is 64.7 Å². The maximum atomic E-state index is 6.63. The van der Waals surface area contributed by atoms with E-state index in [-0.39, 0.29) is 17.5 Å². The van der Waals surface area contributed by atoms with Gasteiger partial charge in [-0.1, -0.05) is 102 Å². The molecule has 0 bridgehead atoms.